The average Bonchev–Trinajstić information content (AvgIpc) is 3.20. The molecule has 0 aliphatic rings. The van der Waals surface area contributed by atoms with Crippen LogP contribution in [-0.4, -0.2) is 29.0 Å². The summed E-state index contributed by atoms with van der Waals surface area (Å²) in [4.78, 5) is 43.2. The highest BCUT2D eigenvalue weighted by Crippen LogP contribution is 2.27. The summed E-state index contributed by atoms with van der Waals surface area (Å²) < 4.78 is 14.6. The molecule has 0 fully saturated rings. The molecule has 0 aliphatic heterocycles. The standard InChI is InChI=1S/C15H12N2O6S/c1-7-10-12(18)16-9(6-23-14(19)8-3-4-22-5-8)17-13(10)24-11(7)15(20)21-2/h3-5H,6H2,1-2H3,(H,16,17,18). The molecule has 0 aromatic carbocycles. The minimum Gasteiger partial charge on any atom is -0.472 e. The van der Waals surface area contributed by atoms with Crippen molar-refractivity contribution in [1.29, 1.82) is 0 Å². The smallest absolute Gasteiger partial charge is 0.348 e. The Hall–Kier alpha value is -2.94. The fraction of sp³-hybridized carbons (Fsp3) is 0.200. The number of hydrogen-bond donors (Lipinski definition) is 1. The van der Waals surface area contributed by atoms with E-state index in [4.69, 9.17) is 13.9 Å². The van der Waals surface area contributed by atoms with Crippen LogP contribution in [0.4, 0.5) is 0 Å². The number of furan rings is 1. The zero-order valence-electron chi connectivity index (χ0n) is 12.7. The molecule has 0 radical (unpaired) electrons. The van der Waals surface area contributed by atoms with Crippen molar-refractivity contribution in [3.05, 3.63) is 50.8 Å². The van der Waals surface area contributed by atoms with Crippen molar-refractivity contribution in [2.75, 3.05) is 7.11 Å². The minimum absolute atomic E-state index is 0.182. The zero-order chi connectivity index (χ0) is 17.3. The Kier molecular flexibility index (Phi) is 4.17. The first-order valence-corrected chi connectivity index (χ1v) is 7.63. The second-order valence-corrected chi connectivity index (χ2v) is 5.83. The molecule has 0 amide bonds. The molecular weight excluding hydrogens is 336 g/mol. The lowest BCUT2D eigenvalue weighted by atomic mass is 10.2. The molecule has 3 heterocycles. The number of nitrogens with one attached hydrogen (secondary N) is 1. The molecule has 0 saturated heterocycles. The molecule has 124 valence electrons. The van der Waals surface area contributed by atoms with Gasteiger partial charge in [-0.1, -0.05) is 0 Å². The molecule has 24 heavy (non-hydrogen) atoms. The van der Waals surface area contributed by atoms with Crippen LogP contribution in [0.1, 0.15) is 31.4 Å². The predicted octanol–water partition coefficient (Wildman–Crippen LogP) is 2.03. The van der Waals surface area contributed by atoms with Crippen molar-refractivity contribution in [3.63, 3.8) is 0 Å². The van der Waals surface area contributed by atoms with E-state index in [1.807, 2.05) is 0 Å². The number of carbonyl (C=O) groups excluding carboxylic acids is 2. The monoisotopic (exact) mass is 348 g/mol. The Morgan fingerprint density at radius 1 is 1.38 bits per heavy atom. The molecule has 3 aromatic rings. The average molecular weight is 348 g/mol. The number of aryl methyl sites for hydroxylation is 1. The number of hydrogen-bond acceptors (Lipinski definition) is 8. The molecule has 0 aliphatic carbocycles. The van der Waals surface area contributed by atoms with Crippen LogP contribution in [0, 0.1) is 6.92 Å². The van der Waals surface area contributed by atoms with Crippen molar-refractivity contribution >= 4 is 33.5 Å². The third kappa shape index (κ3) is 2.81. The maximum atomic E-state index is 12.2. The summed E-state index contributed by atoms with van der Waals surface area (Å²) in [5.74, 6) is -0.936. The predicted molar refractivity (Wildman–Crippen MR) is 84.1 cm³/mol. The summed E-state index contributed by atoms with van der Waals surface area (Å²) in [5, 5.41) is 0.324. The molecule has 8 nitrogen and oxygen atoms in total. The van der Waals surface area contributed by atoms with Crippen LogP contribution in [0.15, 0.2) is 27.8 Å². The third-order valence-electron chi connectivity index (χ3n) is 3.32. The van der Waals surface area contributed by atoms with Gasteiger partial charge in [-0.05, 0) is 18.6 Å². The molecule has 1 N–H and O–H groups in total. The van der Waals surface area contributed by atoms with E-state index in [2.05, 4.69) is 9.97 Å². The zero-order valence-corrected chi connectivity index (χ0v) is 13.6. The molecule has 0 saturated carbocycles. The number of nitrogens with zero attached hydrogens (tertiary/aromatic N) is 1. The number of ether oxygens (including phenoxy) is 2. The fourth-order valence-corrected chi connectivity index (χ4v) is 3.26. The molecule has 0 bridgehead atoms. The normalized spacial score (nSPS) is 10.8. The molecule has 0 spiro atoms. The van der Waals surface area contributed by atoms with Gasteiger partial charge in [0.1, 0.15) is 28.4 Å². The number of methoxy groups -OCH3 is 1. The van der Waals surface area contributed by atoms with Gasteiger partial charge in [0.15, 0.2) is 0 Å². The van der Waals surface area contributed by atoms with Crippen LogP contribution in [0.2, 0.25) is 0 Å². The number of aromatic nitrogens is 2. The Morgan fingerprint density at radius 3 is 2.83 bits per heavy atom. The van der Waals surface area contributed by atoms with Crippen LogP contribution in [0.3, 0.4) is 0 Å². The van der Waals surface area contributed by atoms with E-state index in [0.29, 0.717) is 20.7 Å². The van der Waals surface area contributed by atoms with Crippen LogP contribution in [0.25, 0.3) is 10.2 Å². The van der Waals surface area contributed by atoms with E-state index in [-0.39, 0.29) is 18.0 Å². The minimum atomic E-state index is -0.593. The van der Waals surface area contributed by atoms with Gasteiger partial charge in [-0.2, -0.15) is 0 Å². The van der Waals surface area contributed by atoms with Gasteiger partial charge in [0.05, 0.1) is 24.3 Å². The van der Waals surface area contributed by atoms with Gasteiger partial charge in [0.2, 0.25) is 0 Å². The highest BCUT2D eigenvalue weighted by molar-refractivity contribution is 7.20. The summed E-state index contributed by atoms with van der Waals surface area (Å²) in [6.07, 6.45) is 2.61. The van der Waals surface area contributed by atoms with Gasteiger partial charge in [0, 0.05) is 0 Å². The summed E-state index contributed by atoms with van der Waals surface area (Å²) in [5.41, 5.74) is 0.370. The maximum Gasteiger partial charge on any atom is 0.348 e. The molecule has 0 atom stereocenters. The lowest BCUT2D eigenvalue weighted by molar-refractivity contribution is 0.0461. The lowest BCUT2D eigenvalue weighted by Crippen LogP contribution is -2.14. The molecule has 0 unspecified atom stereocenters. The molecular formula is C15H12N2O6S. The number of esters is 2. The van der Waals surface area contributed by atoms with Crippen molar-refractivity contribution in [3.8, 4) is 0 Å². The lowest BCUT2D eigenvalue weighted by Gasteiger charge is -2.02. The van der Waals surface area contributed by atoms with E-state index < -0.39 is 17.5 Å². The Balaban J connectivity index is 1.89. The Labute approximate surface area is 139 Å². The first kappa shape index (κ1) is 15.9. The Morgan fingerprint density at radius 2 is 2.17 bits per heavy atom. The van der Waals surface area contributed by atoms with Gasteiger partial charge < -0.3 is 18.9 Å². The van der Waals surface area contributed by atoms with Crippen LogP contribution in [0.5, 0.6) is 0 Å². The number of carbonyl (C=O) groups is 2. The van der Waals surface area contributed by atoms with E-state index in [1.54, 1.807) is 6.92 Å². The van der Waals surface area contributed by atoms with Gasteiger partial charge in [-0.3, -0.25) is 4.79 Å². The summed E-state index contributed by atoms with van der Waals surface area (Å²) >= 11 is 1.06. The highest BCUT2D eigenvalue weighted by Gasteiger charge is 2.20. The van der Waals surface area contributed by atoms with Gasteiger partial charge in [-0.25, -0.2) is 14.6 Å². The molecule has 3 rings (SSSR count). The van der Waals surface area contributed by atoms with Crippen LogP contribution >= 0.6 is 11.3 Å². The van der Waals surface area contributed by atoms with E-state index >= 15 is 0 Å². The van der Waals surface area contributed by atoms with Crippen molar-refractivity contribution < 1.29 is 23.5 Å². The highest BCUT2D eigenvalue weighted by atomic mass is 32.1. The second-order valence-electron chi connectivity index (χ2n) is 4.83. The van der Waals surface area contributed by atoms with E-state index in [1.165, 1.54) is 25.7 Å². The first-order valence-electron chi connectivity index (χ1n) is 6.81. The first-order chi connectivity index (χ1) is 11.5. The van der Waals surface area contributed by atoms with E-state index in [9.17, 15) is 14.4 Å². The quantitative estimate of drug-likeness (QED) is 0.718. The SMILES string of the molecule is COC(=O)c1sc2nc(COC(=O)c3ccoc3)[nH]c(=O)c2c1C. The number of rotatable bonds is 4. The topological polar surface area (TPSA) is 111 Å². The summed E-state index contributed by atoms with van der Waals surface area (Å²) in [7, 11) is 1.27. The largest absolute Gasteiger partial charge is 0.472 e. The maximum absolute atomic E-state index is 12.2. The summed E-state index contributed by atoms with van der Waals surface area (Å²) in [6.45, 7) is 1.44. The van der Waals surface area contributed by atoms with Gasteiger partial charge in [-0.15, -0.1) is 11.3 Å². The third-order valence-corrected chi connectivity index (χ3v) is 4.48. The summed E-state index contributed by atoms with van der Waals surface area (Å²) in [6, 6.07) is 1.47. The van der Waals surface area contributed by atoms with Crippen LogP contribution < -0.4 is 5.56 Å². The fourth-order valence-electron chi connectivity index (χ4n) is 2.14. The van der Waals surface area contributed by atoms with E-state index in [0.717, 1.165) is 11.3 Å². The van der Waals surface area contributed by atoms with Crippen molar-refractivity contribution in [2.45, 2.75) is 13.5 Å². The molecule has 9 heteroatoms. The number of fused-ring (bicyclic) bond motifs is 1. The van der Waals surface area contributed by atoms with Gasteiger partial charge in [0.25, 0.3) is 5.56 Å². The van der Waals surface area contributed by atoms with Crippen molar-refractivity contribution in [1.82, 2.24) is 9.97 Å². The molecule has 3 aromatic heterocycles. The van der Waals surface area contributed by atoms with Crippen molar-refractivity contribution in [2.24, 2.45) is 0 Å². The van der Waals surface area contributed by atoms with Crippen LogP contribution in [-0.2, 0) is 16.1 Å². The number of thiophene rings is 1. The van der Waals surface area contributed by atoms with Gasteiger partial charge >= 0.3 is 11.9 Å². The number of aromatic amines is 1. The second kappa shape index (κ2) is 6.28. The Bertz CT molecular complexity index is 970. The number of H-pyrrole nitrogens is 1.